The largest absolute Gasteiger partial charge is 0.298 e. The summed E-state index contributed by atoms with van der Waals surface area (Å²) in [6, 6.07) is 4.62. The number of ketones is 1. The number of nitriles is 1. The summed E-state index contributed by atoms with van der Waals surface area (Å²) in [4.78, 5) is 15.9. The second-order valence-corrected chi connectivity index (χ2v) is 4.78. The molecule has 1 aromatic heterocycles. The number of hydrogen-bond acceptors (Lipinski definition) is 3. The third kappa shape index (κ3) is 2.92. The zero-order chi connectivity index (χ0) is 13.0. The highest BCUT2D eigenvalue weighted by Gasteiger charge is 2.26. The van der Waals surface area contributed by atoms with Gasteiger partial charge in [-0.3, -0.25) is 9.78 Å². The van der Waals surface area contributed by atoms with Gasteiger partial charge >= 0.3 is 0 Å². The lowest BCUT2D eigenvalue weighted by atomic mass is 9.92. The van der Waals surface area contributed by atoms with Crippen LogP contribution in [0.25, 0.3) is 0 Å². The molecular weight excluding hydrogens is 231 g/mol. The third-order valence-electron chi connectivity index (χ3n) is 3.46. The average Bonchev–Trinajstić information content (AvgIpc) is 2.85. The van der Waals surface area contributed by atoms with Gasteiger partial charge in [-0.05, 0) is 18.1 Å². The zero-order valence-electron chi connectivity index (χ0n) is 10.1. The maximum Gasteiger partial charge on any atom is 0.156 e. The van der Waals surface area contributed by atoms with E-state index in [2.05, 4.69) is 4.98 Å². The van der Waals surface area contributed by atoms with E-state index in [1.165, 1.54) is 25.0 Å². The summed E-state index contributed by atoms with van der Waals surface area (Å²) < 4.78 is 12.8. The molecular formula is C14H15FN2O. The molecule has 1 atom stereocenters. The van der Waals surface area contributed by atoms with Gasteiger partial charge in [0.25, 0.3) is 0 Å². The molecule has 18 heavy (non-hydrogen) atoms. The summed E-state index contributed by atoms with van der Waals surface area (Å²) in [7, 11) is 0. The number of halogens is 1. The van der Waals surface area contributed by atoms with E-state index < -0.39 is 11.7 Å². The smallest absolute Gasteiger partial charge is 0.156 e. The fraction of sp³-hybridized carbons (Fsp3) is 0.500. The summed E-state index contributed by atoms with van der Waals surface area (Å²) in [6.07, 6.45) is 5.97. The maximum atomic E-state index is 12.8. The van der Waals surface area contributed by atoms with E-state index in [9.17, 15) is 9.18 Å². The molecule has 94 valence electrons. The summed E-state index contributed by atoms with van der Waals surface area (Å²) in [5.74, 6) is -0.998. The van der Waals surface area contributed by atoms with Crippen LogP contribution in [0.1, 0.15) is 43.7 Å². The molecule has 1 aliphatic carbocycles. The quantitative estimate of drug-likeness (QED) is 0.820. The predicted molar refractivity (Wildman–Crippen MR) is 64.1 cm³/mol. The molecule has 4 heteroatoms. The minimum Gasteiger partial charge on any atom is -0.298 e. The van der Waals surface area contributed by atoms with Gasteiger partial charge in [0.2, 0.25) is 0 Å². The van der Waals surface area contributed by atoms with Crippen molar-refractivity contribution < 1.29 is 9.18 Å². The van der Waals surface area contributed by atoms with Crippen LogP contribution in [0.4, 0.5) is 4.39 Å². The van der Waals surface area contributed by atoms with Gasteiger partial charge in [0.05, 0.1) is 18.0 Å². The van der Waals surface area contributed by atoms with Crippen molar-refractivity contribution in [3.63, 3.8) is 0 Å². The number of pyridine rings is 1. The first kappa shape index (κ1) is 12.7. The fourth-order valence-corrected chi connectivity index (χ4v) is 2.48. The minimum atomic E-state index is -0.855. The molecule has 0 saturated heterocycles. The normalized spacial score (nSPS) is 17.3. The molecule has 1 fully saturated rings. The number of nitrogens with zero attached hydrogens (tertiary/aromatic N) is 2. The Kier molecular flexibility index (Phi) is 4.03. The summed E-state index contributed by atoms with van der Waals surface area (Å²) >= 11 is 0. The first-order valence-corrected chi connectivity index (χ1v) is 6.24. The monoisotopic (exact) mass is 246 g/mol. The topological polar surface area (TPSA) is 53.8 Å². The second kappa shape index (κ2) is 5.72. The van der Waals surface area contributed by atoms with E-state index in [-0.39, 0.29) is 5.78 Å². The van der Waals surface area contributed by atoms with Gasteiger partial charge in [-0.2, -0.15) is 5.26 Å². The van der Waals surface area contributed by atoms with Gasteiger partial charge < -0.3 is 0 Å². The average molecular weight is 246 g/mol. The molecule has 0 amide bonds. The standard InChI is InChI=1S/C14H15FN2O/c15-11-5-6-13(17-9-11)12(8-16)14(18)7-10-3-1-2-4-10/h5-6,9-10,12H,1-4,7H2/t12-/m0/s1. The van der Waals surface area contributed by atoms with Crippen LogP contribution in [0.5, 0.6) is 0 Å². The number of rotatable bonds is 4. The van der Waals surface area contributed by atoms with Gasteiger partial charge in [0.15, 0.2) is 5.78 Å². The Morgan fingerprint density at radius 3 is 2.78 bits per heavy atom. The Morgan fingerprint density at radius 2 is 2.22 bits per heavy atom. The third-order valence-corrected chi connectivity index (χ3v) is 3.46. The molecule has 0 aromatic carbocycles. The Balaban J connectivity index is 2.06. The van der Waals surface area contributed by atoms with E-state index in [0.29, 0.717) is 18.0 Å². The van der Waals surface area contributed by atoms with E-state index in [0.717, 1.165) is 19.0 Å². The Hall–Kier alpha value is -1.76. The summed E-state index contributed by atoms with van der Waals surface area (Å²) in [5.41, 5.74) is 0.349. The fourth-order valence-electron chi connectivity index (χ4n) is 2.48. The van der Waals surface area contributed by atoms with E-state index in [1.54, 1.807) is 0 Å². The van der Waals surface area contributed by atoms with Crippen LogP contribution < -0.4 is 0 Å². The number of carbonyl (C=O) groups excluding carboxylic acids is 1. The predicted octanol–water partition coefficient (Wildman–Crippen LogP) is 2.98. The SMILES string of the molecule is N#C[C@H](C(=O)CC1CCCC1)c1ccc(F)cn1. The lowest BCUT2D eigenvalue weighted by Gasteiger charge is -2.11. The van der Waals surface area contributed by atoms with Crippen molar-refractivity contribution in [1.29, 1.82) is 5.26 Å². The van der Waals surface area contributed by atoms with Gasteiger partial charge in [-0.25, -0.2) is 4.39 Å². The highest BCUT2D eigenvalue weighted by atomic mass is 19.1. The molecule has 0 N–H and O–H groups in total. The Morgan fingerprint density at radius 1 is 1.50 bits per heavy atom. The van der Waals surface area contributed by atoms with Gasteiger partial charge in [-0.1, -0.05) is 25.7 Å². The molecule has 0 spiro atoms. The van der Waals surface area contributed by atoms with Crippen LogP contribution in [0.2, 0.25) is 0 Å². The van der Waals surface area contributed by atoms with Crippen molar-refractivity contribution in [3.05, 3.63) is 29.8 Å². The molecule has 2 rings (SSSR count). The molecule has 1 saturated carbocycles. The molecule has 0 radical (unpaired) electrons. The molecule has 0 unspecified atom stereocenters. The van der Waals surface area contributed by atoms with Crippen LogP contribution in [-0.2, 0) is 4.79 Å². The number of aromatic nitrogens is 1. The summed E-state index contributed by atoms with van der Waals surface area (Å²) in [6.45, 7) is 0. The first-order valence-electron chi connectivity index (χ1n) is 6.24. The van der Waals surface area contributed by atoms with Crippen molar-refractivity contribution in [2.75, 3.05) is 0 Å². The lowest BCUT2D eigenvalue weighted by molar-refractivity contribution is -0.120. The van der Waals surface area contributed by atoms with E-state index >= 15 is 0 Å². The van der Waals surface area contributed by atoms with Crippen LogP contribution in [0.15, 0.2) is 18.3 Å². The van der Waals surface area contributed by atoms with Crippen molar-refractivity contribution in [1.82, 2.24) is 4.98 Å². The van der Waals surface area contributed by atoms with Crippen molar-refractivity contribution >= 4 is 5.78 Å². The number of Topliss-reactive ketones (excluding diaryl/α,β-unsaturated/α-hetero) is 1. The van der Waals surface area contributed by atoms with Crippen LogP contribution in [-0.4, -0.2) is 10.8 Å². The molecule has 0 aliphatic heterocycles. The number of carbonyl (C=O) groups is 1. The first-order chi connectivity index (χ1) is 8.70. The van der Waals surface area contributed by atoms with Gasteiger partial charge in [0, 0.05) is 6.42 Å². The summed E-state index contributed by atoms with van der Waals surface area (Å²) in [5, 5.41) is 9.09. The Bertz CT molecular complexity index is 458. The van der Waals surface area contributed by atoms with E-state index in [4.69, 9.17) is 5.26 Å². The highest BCUT2D eigenvalue weighted by Crippen LogP contribution is 2.30. The molecule has 1 aromatic rings. The van der Waals surface area contributed by atoms with Crippen LogP contribution >= 0.6 is 0 Å². The molecule has 3 nitrogen and oxygen atoms in total. The Labute approximate surface area is 106 Å². The maximum absolute atomic E-state index is 12.8. The number of hydrogen-bond donors (Lipinski definition) is 0. The minimum absolute atomic E-state index is 0.0940. The van der Waals surface area contributed by atoms with Crippen molar-refractivity contribution in [3.8, 4) is 6.07 Å². The van der Waals surface area contributed by atoms with Crippen LogP contribution in [0, 0.1) is 23.1 Å². The van der Waals surface area contributed by atoms with Gasteiger partial charge in [-0.15, -0.1) is 0 Å². The molecule has 1 heterocycles. The van der Waals surface area contributed by atoms with Gasteiger partial charge in [0.1, 0.15) is 11.7 Å². The van der Waals surface area contributed by atoms with E-state index in [1.807, 2.05) is 6.07 Å². The molecule has 1 aliphatic rings. The van der Waals surface area contributed by atoms with Crippen molar-refractivity contribution in [2.45, 2.75) is 38.0 Å². The van der Waals surface area contributed by atoms with Crippen LogP contribution in [0.3, 0.4) is 0 Å². The highest BCUT2D eigenvalue weighted by molar-refractivity contribution is 5.88. The zero-order valence-corrected chi connectivity index (χ0v) is 10.1. The lowest BCUT2D eigenvalue weighted by Crippen LogP contribution is -2.15. The molecule has 0 bridgehead atoms. The second-order valence-electron chi connectivity index (χ2n) is 4.78. The van der Waals surface area contributed by atoms with Crippen molar-refractivity contribution in [2.24, 2.45) is 5.92 Å².